The van der Waals surface area contributed by atoms with Crippen molar-refractivity contribution in [2.45, 2.75) is 20.8 Å². The second kappa shape index (κ2) is 7.62. The SMILES string of the molecule is CCOc1c(C#N)c(C#N)c(C#N)c(OCC)c1OCC. The molecule has 0 atom stereocenters. The summed E-state index contributed by atoms with van der Waals surface area (Å²) in [6.07, 6.45) is 0. The fourth-order valence-corrected chi connectivity index (χ4v) is 1.85. The molecule has 108 valence electrons. The summed E-state index contributed by atoms with van der Waals surface area (Å²) < 4.78 is 16.4. The third-order valence-electron chi connectivity index (χ3n) is 2.57. The highest BCUT2D eigenvalue weighted by Gasteiger charge is 2.27. The lowest BCUT2D eigenvalue weighted by molar-refractivity contribution is 0.259. The van der Waals surface area contributed by atoms with Gasteiger partial charge in [0, 0.05) is 0 Å². The van der Waals surface area contributed by atoms with Gasteiger partial charge in [0.15, 0.2) is 11.5 Å². The van der Waals surface area contributed by atoms with Crippen molar-refractivity contribution in [1.82, 2.24) is 0 Å². The third-order valence-corrected chi connectivity index (χ3v) is 2.57. The summed E-state index contributed by atoms with van der Waals surface area (Å²) in [4.78, 5) is 0. The van der Waals surface area contributed by atoms with Gasteiger partial charge in [-0.1, -0.05) is 0 Å². The standard InChI is InChI=1S/C15H15N3O3/c1-4-19-13-11(8-17)10(7-16)12(9-18)14(20-5-2)15(13)21-6-3/h4-6H2,1-3H3. The van der Waals surface area contributed by atoms with Gasteiger partial charge in [0.1, 0.15) is 29.3 Å². The van der Waals surface area contributed by atoms with Crippen LogP contribution in [0.15, 0.2) is 0 Å². The van der Waals surface area contributed by atoms with Gasteiger partial charge in [-0.2, -0.15) is 15.8 Å². The second-order valence-electron chi connectivity index (χ2n) is 3.75. The van der Waals surface area contributed by atoms with E-state index >= 15 is 0 Å². The lowest BCUT2D eigenvalue weighted by atomic mass is 10.00. The minimum Gasteiger partial charge on any atom is -0.488 e. The zero-order valence-corrected chi connectivity index (χ0v) is 12.2. The summed E-state index contributed by atoms with van der Waals surface area (Å²) in [6, 6.07) is 5.69. The molecule has 6 heteroatoms. The van der Waals surface area contributed by atoms with E-state index in [4.69, 9.17) is 14.2 Å². The first-order valence-electron chi connectivity index (χ1n) is 6.52. The highest BCUT2D eigenvalue weighted by Crippen LogP contribution is 2.45. The maximum atomic E-state index is 9.30. The Morgan fingerprint density at radius 1 is 0.619 bits per heavy atom. The normalized spacial score (nSPS) is 9.14. The highest BCUT2D eigenvalue weighted by atomic mass is 16.5. The molecule has 0 fully saturated rings. The summed E-state index contributed by atoms with van der Waals surface area (Å²) in [5, 5.41) is 27.9. The lowest BCUT2D eigenvalue weighted by Crippen LogP contribution is -2.08. The number of hydrogen-bond donors (Lipinski definition) is 0. The molecule has 0 saturated carbocycles. The third kappa shape index (κ3) is 2.99. The van der Waals surface area contributed by atoms with E-state index in [0.29, 0.717) is 6.61 Å². The Morgan fingerprint density at radius 3 is 1.24 bits per heavy atom. The molecule has 0 N–H and O–H groups in total. The van der Waals surface area contributed by atoms with Crippen LogP contribution in [0, 0.1) is 34.0 Å². The van der Waals surface area contributed by atoms with Crippen molar-refractivity contribution in [3.63, 3.8) is 0 Å². The predicted octanol–water partition coefficient (Wildman–Crippen LogP) is 2.50. The molecule has 0 bridgehead atoms. The van der Waals surface area contributed by atoms with E-state index in [2.05, 4.69) is 0 Å². The van der Waals surface area contributed by atoms with E-state index in [9.17, 15) is 15.8 Å². The Balaban J connectivity index is 3.85. The topological polar surface area (TPSA) is 99.1 Å². The average Bonchev–Trinajstić information content (AvgIpc) is 2.50. The maximum absolute atomic E-state index is 9.30. The molecule has 0 saturated heterocycles. The molecule has 0 unspecified atom stereocenters. The van der Waals surface area contributed by atoms with E-state index in [0.717, 1.165) is 0 Å². The number of nitrogens with zero attached hydrogens (tertiary/aromatic N) is 3. The number of hydrogen-bond acceptors (Lipinski definition) is 6. The molecular formula is C15H15N3O3. The van der Waals surface area contributed by atoms with Crippen LogP contribution in [-0.2, 0) is 0 Å². The number of benzene rings is 1. The zero-order chi connectivity index (χ0) is 15.8. The van der Waals surface area contributed by atoms with Gasteiger partial charge in [-0.15, -0.1) is 0 Å². The molecule has 0 aromatic heterocycles. The van der Waals surface area contributed by atoms with Gasteiger partial charge in [-0.3, -0.25) is 0 Å². The van der Waals surface area contributed by atoms with Crippen LogP contribution in [0.2, 0.25) is 0 Å². The molecule has 0 heterocycles. The molecular weight excluding hydrogens is 270 g/mol. The van der Waals surface area contributed by atoms with Gasteiger partial charge >= 0.3 is 0 Å². The summed E-state index contributed by atoms with van der Waals surface area (Å²) in [5.41, 5.74) is -0.0824. The zero-order valence-electron chi connectivity index (χ0n) is 12.2. The quantitative estimate of drug-likeness (QED) is 0.796. The van der Waals surface area contributed by atoms with E-state index in [1.54, 1.807) is 20.8 Å². The van der Waals surface area contributed by atoms with Crippen molar-refractivity contribution < 1.29 is 14.2 Å². The molecule has 0 aliphatic carbocycles. The molecule has 0 spiro atoms. The largest absolute Gasteiger partial charge is 0.488 e. The molecule has 1 aromatic carbocycles. The molecule has 0 amide bonds. The molecule has 0 aliphatic heterocycles. The monoisotopic (exact) mass is 285 g/mol. The molecule has 0 aliphatic rings. The summed E-state index contributed by atoms with van der Waals surface area (Å²) >= 11 is 0. The van der Waals surface area contributed by atoms with Crippen molar-refractivity contribution in [2.75, 3.05) is 19.8 Å². The number of ether oxygens (including phenoxy) is 3. The fraction of sp³-hybridized carbons (Fsp3) is 0.400. The van der Waals surface area contributed by atoms with Crippen LogP contribution in [-0.4, -0.2) is 19.8 Å². The van der Waals surface area contributed by atoms with Crippen LogP contribution in [0.4, 0.5) is 0 Å². The molecule has 6 nitrogen and oxygen atoms in total. The van der Waals surface area contributed by atoms with Gasteiger partial charge < -0.3 is 14.2 Å². The van der Waals surface area contributed by atoms with Crippen LogP contribution in [0.5, 0.6) is 17.2 Å². The molecule has 1 aromatic rings. The Labute approximate surface area is 123 Å². The van der Waals surface area contributed by atoms with Crippen LogP contribution in [0.1, 0.15) is 37.5 Å². The minimum absolute atomic E-state index is 0.0113. The van der Waals surface area contributed by atoms with E-state index in [-0.39, 0.29) is 47.2 Å². The smallest absolute Gasteiger partial charge is 0.206 e. The Bertz CT molecular complexity index is 603. The summed E-state index contributed by atoms with van der Waals surface area (Å²) in [7, 11) is 0. The average molecular weight is 285 g/mol. The predicted molar refractivity (Wildman–Crippen MR) is 74.1 cm³/mol. The Kier molecular flexibility index (Phi) is 5.86. The van der Waals surface area contributed by atoms with E-state index in [1.165, 1.54) is 0 Å². The van der Waals surface area contributed by atoms with Crippen LogP contribution in [0.25, 0.3) is 0 Å². The summed E-state index contributed by atoms with van der Waals surface area (Å²) in [6.45, 7) is 6.15. The molecule has 1 rings (SSSR count). The fourth-order valence-electron chi connectivity index (χ4n) is 1.85. The number of nitriles is 3. The molecule has 0 radical (unpaired) electrons. The Hall–Kier alpha value is -2.91. The first kappa shape index (κ1) is 16.1. The van der Waals surface area contributed by atoms with Crippen LogP contribution >= 0.6 is 0 Å². The second-order valence-corrected chi connectivity index (χ2v) is 3.75. The Morgan fingerprint density at radius 2 is 0.952 bits per heavy atom. The van der Waals surface area contributed by atoms with Gasteiger partial charge in [0.2, 0.25) is 5.75 Å². The molecule has 21 heavy (non-hydrogen) atoms. The first-order chi connectivity index (χ1) is 10.2. The van der Waals surface area contributed by atoms with Crippen LogP contribution in [0.3, 0.4) is 0 Å². The summed E-state index contributed by atoms with van der Waals surface area (Å²) in [5.74, 6) is 0.468. The van der Waals surface area contributed by atoms with Gasteiger partial charge in [-0.05, 0) is 20.8 Å². The van der Waals surface area contributed by atoms with Crippen molar-refractivity contribution in [2.24, 2.45) is 0 Å². The van der Waals surface area contributed by atoms with E-state index < -0.39 is 0 Å². The van der Waals surface area contributed by atoms with Crippen molar-refractivity contribution in [3.8, 4) is 35.5 Å². The van der Waals surface area contributed by atoms with E-state index in [1.807, 2.05) is 18.2 Å². The highest BCUT2D eigenvalue weighted by molar-refractivity contribution is 5.73. The number of rotatable bonds is 6. The van der Waals surface area contributed by atoms with Crippen molar-refractivity contribution >= 4 is 0 Å². The van der Waals surface area contributed by atoms with Gasteiger partial charge in [-0.25, -0.2) is 0 Å². The van der Waals surface area contributed by atoms with Gasteiger partial charge in [0.25, 0.3) is 0 Å². The van der Waals surface area contributed by atoms with Crippen LogP contribution < -0.4 is 14.2 Å². The maximum Gasteiger partial charge on any atom is 0.206 e. The van der Waals surface area contributed by atoms with Crippen molar-refractivity contribution in [1.29, 1.82) is 15.8 Å². The van der Waals surface area contributed by atoms with Crippen molar-refractivity contribution in [3.05, 3.63) is 16.7 Å². The lowest BCUT2D eigenvalue weighted by Gasteiger charge is -2.18. The first-order valence-corrected chi connectivity index (χ1v) is 6.52. The minimum atomic E-state index is -0.0599. The van der Waals surface area contributed by atoms with Gasteiger partial charge in [0.05, 0.1) is 25.4 Å².